The lowest BCUT2D eigenvalue weighted by atomic mass is 10.2. The lowest BCUT2D eigenvalue weighted by Gasteiger charge is -2.26. The molecular formula is C23H25N4O5S+. The first-order valence-electron chi connectivity index (χ1n) is 11.2. The van der Waals surface area contributed by atoms with Crippen molar-refractivity contribution in [2.45, 2.75) is 12.8 Å². The van der Waals surface area contributed by atoms with Crippen molar-refractivity contribution in [3.05, 3.63) is 53.1 Å². The smallest absolute Gasteiger partial charge is 0.207 e. The zero-order valence-corrected chi connectivity index (χ0v) is 18.9. The van der Waals surface area contributed by atoms with E-state index in [1.54, 1.807) is 0 Å². The van der Waals surface area contributed by atoms with Gasteiger partial charge in [0.1, 0.15) is 32.9 Å². The van der Waals surface area contributed by atoms with E-state index in [9.17, 15) is 0 Å². The number of benzene rings is 2. The average molecular weight is 470 g/mol. The monoisotopic (exact) mass is 469 g/mol. The summed E-state index contributed by atoms with van der Waals surface area (Å²) >= 11 is 5.92. The van der Waals surface area contributed by atoms with Gasteiger partial charge in [-0.1, -0.05) is 12.1 Å². The van der Waals surface area contributed by atoms with Gasteiger partial charge in [-0.05, 0) is 36.5 Å². The first-order valence-corrected chi connectivity index (χ1v) is 11.6. The van der Waals surface area contributed by atoms with E-state index in [0.29, 0.717) is 48.6 Å². The molecular weight excluding hydrogens is 444 g/mol. The summed E-state index contributed by atoms with van der Waals surface area (Å²) in [6.45, 7) is 5.40. The second-order valence-electron chi connectivity index (χ2n) is 8.19. The number of hydrogen-bond donors (Lipinski definition) is 1. The summed E-state index contributed by atoms with van der Waals surface area (Å²) in [5, 5.41) is 4.93. The van der Waals surface area contributed by atoms with E-state index in [0.717, 1.165) is 43.5 Å². The number of nitrogens with one attached hydrogen (secondary N) is 1. The highest BCUT2D eigenvalue weighted by Gasteiger charge is 2.30. The molecule has 10 heteroatoms. The van der Waals surface area contributed by atoms with Crippen molar-refractivity contribution >= 4 is 12.2 Å². The molecule has 3 aliphatic rings. The summed E-state index contributed by atoms with van der Waals surface area (Å²) in [7, 11) is 0. The quantitative estimate of drug-likeness (QED) is 0.582. The minimum atomic E-state index is -0.407. The second kappa shape index (κ2) is 8.69. The van der Waals surface area contributed by atoms with Gasteiger partial charge in [0.15, 0.2) is 41.6 Å². The van der Waals surface area contributed by atoms with Crippen LogP contribution >= 0.6 is 12.2 Å². The molecule has 0 spiro atoms. The summed E-state index contributed by atoms with van der Waals surface area (Å²) in [5.41, 5.74) is 0.852. The van der Waals surface area contributed by atoms with E-state index in [-0.39, 0.29) is 0 Å². The molecule has 1 atom stereocenters. The molecule has 0 aliphatic carbocycles. The molecule has 2 aromatic carbocycles. The van der Waals surface area contributed by atoms with Crippen molar-refractivity contribution in [2.75, 3.05) is 46.1 Å². The Morgan fingerprint density at radius 2 is 1.67 bits per heavy atom. The average Bonchev–Trinajstić information content (AvgIpc) is 3.19. The first kappa shape index (κ1) is 20.5. The van der Waals surface area contributed by atoms with Gasteiger partial charge in [-0.25, -0.2) is 0 Å². The lowest BCUT2D eigenvalue weighted by Crippen LogP contribution is -3.13. The van der Waals surface area contributed by atoms with Crippen molar-refractivity contribution in [3.63, 3.8) is 0 Å². The third-order valence-corrected chi connectivity index (χ3v) is 6.41. The number of nitrogens with zero attached hydrogens (tertiary/aromatic N) is 3. The Morgan fingerprint density at radius 1 is 0.909 bits per heavy atom. The topological polar surface area (TPSA) is 73.3 Å². The van der Waals surface area contributed by atoms with Gasteiger partial charge < -0.3 is 28.6 Å². The number of para-hydroxylation sites is 2. The second-order valence-corrected chi connectivity index (χ2v) is 8.55. The number of hydrogen-bond acceptors (Lipinski definition) is 7. The van der Waals surface area contributed by atoms with E-state index < -0.39 is 6.10 Å². The fourth-order valence-corrected chi connectivity index (χ4v) is 4.63. The standard InChI is InChI=1S/C23H24N4O5S/c33-23-26(15-25-7-9-28-10-8-25)24-22(21-14-31-17-3-1-2-4-19(17)32-21)27(23)16-5-6-18-20(13-16)30-12-11-29-18/h1-6,13,21H,7-12,14-15H2/p+1/t21-/m0/s1. The van der Waals surface area contributed by atoms with Crippen molar-refractivity contribution in [1.82, 2.24) is 14.3 Å². The molecule has 0 unspecified atom stereocenters. The number of fused-ring (bicyclic) bond motifs is 2. The van der Waals surface area contributed by atoms with Crippen LogP contribution in [-0.4, -0.2) is 60.5 Å². The van der Waals surface area contributed by atoms with Gasteiger partial charge in [-0.3, -0.25) is 4.57 Å². The number of morpholine rings is 1. The molecule has 9 nitrogen and oxygen atoms in total. The molecule has 1 N–H and O–H groups in total. The third kappa shape index (κ3) is 3.94. The number of aromatic nitrogens is 3. The largest absolute Gasteiger partial charge is 0.486 e. The summed E-state index contributed by atoms with van der Waals surface area (Å²) in [6.07, 6.45) is -0.407. The van der Waals surface area contributed by atoms with E-state index >= 15 is 0 Å². The zero-order valence-electron chi connectivity index (χ0n) is 18.1. The predicted octanol–water partition coefficient (Wildman–Crippen LogP) is 1.56. The van der Waals surface area contributed by atoms with Crippen LogP contribution in [0, 0.1) is 4.77 Å². The fourth-order valence-electron chi connectivity index (χ4n) is 4.33. The molecule has 33 heavy (non-hydrogen) atoms. The summed E-state index contributed by atoms with van der Waals surface area (Å²) in [5.74, 6) is 3.55. The Balaban J connectivity index is 1.41. The van der Waals surface area contributed by atoms with Crippen LogP contribution in [0.15, 0.2) is 42.5 Å². The maximum Gasteiger partial charge on any atom is 0.207 e. The third-order valence-electron chi connectivity index (χ3n) is 6.02. The van der Waals surface area contributed by atoms with Crippen LogP contribution < -0.4 is 23.8 Å². The minimum absolute atomic E-state index is 0.345. The van der Waals surface area contributed by atoms with Gasteiger partial charge in [0.25, 0.3) is 0 Å². The predicted molar refractivity (Wildman–Crippen MR) is 120 cm³/mol. The van der Waals surface area contributed by atoms with Crippen LogP contribution in [0.2, 0.25) is 0 Å². The van der Waals surface area contributed by atoms with E-state index in [1.165, 1.54) is 4.90 Å². The molecule has 0 radical (unpaired) electrons. The molecule has 3 aromatic rings. The SMILES string of the molecule is S=c1n(C[NH+]2CCOCC2)nc([C@@H]2COc3ccccc3O2)n1-c1ccc2c(c1)OCCO2. The van der Waals surface area contributed by atoms with E-state index in [4.69, 9.17) is 41.0 Å². The van der Waals surface area contributed by atoms with Gasteiger partial charge >= 0.3 is 0 Å². The summed E-state index contributed by atoms with van der Waals surface area (Å²) in [4.78, 5) is 1.38. The molecule has 6 rings (SSSR count). The highest BCUT2D eigenvalue weighted by Crippen LogP contribution is 2.37. The summed E-state index contributed by atoms with van der Waals surface area (Å²) < 4.78 is 33.7. The van der Waals surface area contributed by atoms with Crippen molar-refractivity contribution in [3.8, 4) is 28.7 Å². The van der Waals surface area contributed by atoms with Crippen molar-refractivity contribution in [1.29, 1.82) is 0 Å². The Kier molecular flexibility index (Phi) is 5.41. The van der Waals surface area contributed by atoms with Crippen LogP contribution in [0.4, 0.5) is 0 Å². The van der Waals surface area contributed by atoms with Crippen LogP contribution in [0.3, 0.4) is 0 Å². The van der Waals surface area contributed by atoms with E-state index in [2.05, 4.69) is 0 Å². The molecule has 0 saturated carbocycles. The first-order chi connectivity index (χ1) is 16.3. The fraction of sp³-hybridized carbons (Fsp3) is 0.391. The molecule has 1 fully saturated rings. The Labute approximate surface area is 196 Å². The maximum absolute atomic E-state index is 6.30. The number of rotatable bonds is 4. The van der Waals surface area contributed by atoms with Crippen LogP contribution in [0.5, 0.6) is 23.0 Å². The van der Waals surface area contributed by atoms with Gasteiger partial charge in [-0.2, -0.15) is 4.68 Å². The van der Waals surface area contributed by atoms with Crippen molar-refractivity contribution < 1.29 is 28.6 Å². The van der Waals surface area contributed by atoms with Gasteiger partial charge in [0, 0.05) is 6.07 Å². The molecule has 1 saturated heterocycles. The van der Waals surface area contributed by atoms with Gasteiger partial charge in [0.2, 0.25) is 4.77 Å². The summed E-state index contributed by atoms with van der Waals surface area (Å²) in [6, 6.07) is 13.5. The van der Waals surface area contributed by atoms with Gasteiger partial charge in [-0.15, -0.1) is 5.10 Å². The zero-order chi connectivity index (χ0) is 22.2. The van der Waals surface area contributed by atoms with Crippen LogP contribution in [-0.2, 0) is 11.4 Å². The van der Waals surface area contributed by atoms with E-state index in [1.807, 2.05) is 51.7 Å². The maximum atomic E-state index is 6.30. The Bertz CT molecular complexity index is 1220. The van der Waals surface area contributed by atoms with Crippen molar-refractivity contribution in [2.24, 2.45) is 0 Å². The van der Waals surface area contributed by atoms with Gasteiger partial charge in [0.05, 0.1) is 18.9 Å². The minimum Gasteiger partial charge on any atom is -0.486 e. The normalized spacial score (nSPS) is 19.9. The van der Waals surface area contributed by atoms with Crippen LogP contribution in [0.25, 0.3) is 5.69 Å². The Hall–Kier alpha value is -3.08. The molecule has 0 bridgehead atoms. The molecule has 3 aliphatic heterocycles. The molecule has 1 aromatic heterocycles. The van der Waals surface area contributed by atoms with Crippen LogP contribution in [0.1, 0.15) is 11.9 Å². The molecule has 4 heterocycles. The molecule has 172 valence electrons. The lowest BCUT2D eigenvalue weighted by molar-refractivity contribution is -0.930. The number of quaternary nitrogens is 1. The highest BCUT2D eigenvalue weighted by atomic mass is 32.1. The Morgan fingerprint density at radius 3 is 2.52 bits per heavy atom. The highest BCUT2D eigenvalue weighted by molar-refractivity contribution is 7.71. The number of ether oxygens (including phenoxy) is 5. The molecule has 0 amide bonds.